The van der Waals surface area contributed by atoms with Crippen LogP contribution in [0.3, 0.4) is 0 Å². The predicted molar refractivity (Wildman–Crippen MR) is 114 cm³/mol. The summed E-state index contributed by atoms with van der Waals surface area (Å²) in [6.45, 7) is 0.175. The molecule has 2 aromatic carbocycles. The van der Waals surface area contributed by atoms with Crippen LogP contribution in [0.5, 0.6) is 5.75 Å². The Kier molecular flexibility index (Phi) is 6.01. The van der Waals surface area contributed by atoms with Gasteiger partial charge in [-0.3, -0.25) is 4.79 Å². The second kappa shape index (κ2) is 8.74. The summed E-state index contributed by atoms with van der Waals surface area (Å²) < 4.78 is 43.6. The number of aliphatic hydroxyl groups is 1. The van der Waals surface area contributed by atoms with E-state index in [4.69, 9.17) is 5.73 Å². The first kappa shape index (κ1) is 22.0. The van der Waals surface area contributed by atoms with Gasteiger partial charge in [-0.2, -0.15) is 0 Å². The molecule has 4 rings (SSSR count). The molecule has 6 nitrogen and oxygen atoms in total. The molecule has 1 aliphatic rings. The maximum atomic E-state index is 13.1. The first-order chi connectivity index (χ1) is 15.2. The summed E-state index contributed by atoms with van der Waals surface area (Å²) in [4.78, 5) is 13.1. The highest BCUT2D eigenvalue weighted by atomic mass is 19.4. The van der Waals surface area contributed by atoms with Crippen molar-refractivity contribution in [2.24, 2.45) is 0 Å². The fourth-order valence-corrected chi connectivity index (χ4v) is 4.15. The minimum absolute atomic E-state index is 0.0362. The highest BCUT2D eigenvalue weighted by molar-refractivity contribution is 5.99. The Labute approximate surface area is 182 Å². The van der Waals surface area contributed by atoms with E-state index in [1.165, 1.54) is 18.2 Å². The number of nitrogens with one attached hydrogen (secondary N) is 1. The number of nitrogen functional groups attached to an aromatic ring is 1. The molecular formula is C23H24F3N3O3. The maximum absolute atomic E-state index is 13.1. The fraction of sp³-hybridized carbons (Fsp3) is 0.348. The van der Waals surface area contributed by atoms with Crippen molar-refractivity contribution in [3.05, 3.63) is 59.8 Å². The summed E-state index contributed by atoms with van der Waals surface area (Å²) in [5, 5.41) is 13.5. The number of benzene rings is 2. The van der Waals surface area contributed by atoms with Gasteiger partial charge in [0.05, 0.1) is 6.10 Å². The lowest BCUT2D eigenvalue weighted by Gasteiger charge is -2.26. The third-order valence-electron chi connectivity index (χ3n) is 5.66. The minimum atomic E-state index is -4.78. The van der Waals surface area contributed by atoms with E-state index in [2.05, 4.69) is 10.1 Å². The number of aliphatic hydroxyl groups excluding tert-OH is 1. The Bertz CT molecular complexity index is 1120. The van der Waals surface area contributed by atoms with Crippen molar-refractivity contribution in [2.75, 3.05) is 5.73 Å². The van der Waals surface area contributed by atoms with Crippen LogP contribution in [0.1, 0.15) is 41.7 Å². The molecule has 1 aromatic heterocycles. The third kappa shape index (κ3) is 5.16. The molecule has 0 aliphatic heterocycles. The van der Waals surface area contributed by atoms with Gasteiger partial charge in [0, 0.05) is 29.2 Å². The maximum Gasteiger partial charge on any atom is 0.573 e. The Morgan fingerprint density at radius 1 is 1.12 bits per heavy atom. The van der Waals surface area contributed by atoms with E-state index in [-0.39, 0.29) is 30.3 Å². The summed E-state index contributed by atoms with van der Waals surface area (Å²) in [5.41, 5.74) is 8.12. The van der Waals surface area contributed by atoms with Crippen LogP contribution >= 0.6 is 0 Å². The van der Waals surface area contributed by atoms with Crippen molar-refractivity contribution in [1.29, 1.82) is 0 Å². The molecule has 4 N–H and O–H groups in total. The molecule has 0 spiro atoms. The summed E-state index contributed by atoms with van der Waals surface area (Å²) in [6, 6.07) is 12.6. The average molecular weight is 447 g/mol. The smallest absolute Gasteiger partial charge is 0.406 e. The van der Waals surface area contributed by atoms with Crippen LogP contribution < -0.4 is 15.8 Å². The van der Waals surface area contributed by atoms with E-state index in [1.807, 2.05) is 0 Å². The zero-order valence-electron chi connectivity index (χ0n) is 17.2. The highest BCUT2D eigenvalue weighted by Gasteiger charge is 2.31. The molecule has 9 heteroatoms. The number of carbonyl (C=O) groups excluding carboxylic acids is 1. The van der Waals surface area contributed by atoms with E-state index in [9.17, 15) is 23.1 Å². The number of anilines is 1. The molecule has 0 radical (unpaired) electrons. The van der Waals surface area contributed by atoms with Crippen molar-refractivity contribution in [1.82, 2.24) is 9.88 Å². The number of amides is 1. The molecule has 1 fully saturated rings. The Morgan fingerprint density at radius 2 is 1.88 bits per heavy atom. The number of aromatic nitrogens is 1. The molecule has 1 heterocycles. The van der Waals surface area contributed by atoms with Gasteiger partial charge in [-0.15, -0.1) is 13.2 Å². The van der Waals surface area contributed by atoms with Crippen molar-refractivity contribution in [3.63, 3.8) is 0 Å². The van der Waals surface area contributed by atoms with E-state index in [1.54, 1.807) is 34.9 Å². The summed E-state index contributed by atoms with van der Waals surface area (Å²) in [6.07, 6.45) is -2.46. The molecule has 32 heavy (non-hydrogen) atoms. The fourth-order valence-electron chi connectivity index (χ4n) is 4.15. The molecule has 1 saturated carbocycles. The van der Waals surface area contributed by atoms with Crippen LogP contribution in [0, 0.1) is 0 Å². The quantitative estimate of drug-likeness (QED) is 0.512. The van der Waals surface area contributed by atoms with Gasteiger partial charge < -0.3 is 25.5 Å². The molecular weight excluding hydrogens is 423 g/mol. The van der Waals surface area contributed by atoms with Crippen molar-refractivity contribution < 1.29 is 27.8 Å². The van der Waals surface area contributed by atoms with Gasteiger partial charge in [-0.25, -0.2) is 0 Å². The molecule has 170 valence electrons. The van der Waals surface area contributed by atoms with E-state index >= 15 is 0 Å². The molecule has 0 bridgehead atoms. The van der Waals surface area contributed by atoms with Crippen molar-refractivity contribution >= 4 is 22.5 Å². The lowest BCUT2D eigenvalue weighted by Crippen LogP contribution is -2.39. The number of hydrogen-bond donors (Lipinski definition) is 3. The van der Waals surface area contributed by atoms with Crippen LogP contribution in [0.25, 0.3) is 10.9 Å². The van der Waals surface area contributed by atoms with Crippen LogP contribution in [0.15, 0.2) is 48.5 Å². The van der Waals surface area contributed by atoms with Crippen LogP contribution in [0.4, 0.5) is 18.9 Å². The van der Waals surface area contributed by atoms with Gasteiger partial charge in [0.25, 0.3) is 5.91 Å². The number of hydrogen-bond acceptors (Lipinski definition) is 4. The normalized spacial score (nSPS) is 19.1. The second-order valence-corrected chi connectivity index (χ2v) is 8.11. The van der Waals surface area contributed by atoms with Gasteiger partial charge in [0.2, 0.25) is 0 Å². The van der Waals surface area contributed by atoms with Crippen molar-refractivity contribution in [2.45, 2.75) is 50.7 Å². The molecule has 3 aromatic rings. The largest absolute Gasteiger partial charge is 0.573 e. The first-order valence-electron chi connectivity index (χ1n) is 10.4. The van der Waals surface area contributed by atoms with E-state index in [0.29, 0.717) is 42.6 Å². The van der Waals surface area contributed by atoms with Gasteiger partial charge in [-0.05, 0) is 67.6 Å². The molecule has 1 aliphatic carbocycles. The zero-order valence-corrected chi connectivity index (χ0v) is 17.2. The Morgan fingerprint density at radius 3 is 2.59 bits per heavy atom. The minimum Gasteiger partial charge on any atom is -0.406 e. The monoisotopic (exact) mass is 447 g/mol. The summed E-state index contributed by atoms with van der Waals surface area (Å²) >= 11 is 0. The van der Waals surface area contributed by atoms with Gasteiger partial charge in [-0.1, -0.05) is 12.1 Å². The Hall–Kier alpha value is -3.20. The first-order valence-corrected chi connectivity index (χ1v) is 10.4. The summed E-state index contributed by atoms with van der Waals surface area (Å²) in [5.74, 6) is -0.591. The van der Waals surface area contributed by atoms with Crippen LogP contribution in [0.2, 0.25) is 0 Å². The van der Waals surface area contributed by atoms with Crippen LogP contribution in [-0.2, 0) is 6.54 Å². The second-order valence-electron chi connectivity index (χ2n) is 8.11. The number of nitrogens with two attached hydrogens (primary N) is 1. The number of rotatable bonds is 5. The lowest BCUT2D eigenvalue weighted by atomic mass is 9.93. The van der Waals surface area contributed by atoms with Crippen LogP contribution in [-0.4, -0.2) is 34.1 Å². The van der Waals surface area contributed by atoms with E-state index < -0.39 is 6.36 Å². The zero-order chi connectivity index (χ0) is 22.9. The number of nitrogens with zero attached hydrogens (tertiary/aromatic N) is 1. The number of carbonyl (C=O) groups is 1. The molecule has 1 amide bonds. The number of alkyl halides is 3. The molecule has 0 atom stereocenters. The number of ether oxygens (including phenoxy) is 1. The van der Waals surface area contributed by atoms with Crippen molar-refractivity contribution in [3.8, 4) is 5.75 Å². The van der Waals surface area contributed by atoms with Gasteiger partial charge >= 0.3 is 6.36 Å². The summed E-state index contributed by atoms with van der Waals surface area (Å²) in [7, 11) is 0. The Balaban J connectivity index is 1.64. The predicted octanol–water partition coefficient (Wildman–Crippen LogP) is 4.20. The van der Waals surface area contributed by atoms with E-state index in [0.717, 1.165) is 10.9 Å². The van der Waals surface area contributed by atoms with Gasteiger partial charge in [0.15, 0.2) is 0 Å². The molecule has 0 saturated heterocycles. The average Bonchev–Trinajstić information content (AvgIpc) is 3.06. The SMILES string of the molecule is Nc1ccc2c(c1)cc(C(=O)N[C@H]1CC[C@H](O)CC1)n2Cc1cccc(OC(F)(F)F)c1. The molecule has 0 unspecified atom stereocenters. The number of halogens is 3. The van der Waals surface area contributed by atoms with Gasteiger partial charge in [0.1, 0.15) is 11.4 Å². The standard InChI is InChI=1S/C23H24F3N3O3/c24-23(25,26)32-19-3-1-2-14(10-19)13-29-20-9-4-16(27)11-15(20)12-21(29)22(31)28-17-5-7-18(30)8-6-17/h1-4,9-12,17-18,30H,5-8,13,27H2,(H,28,31)/t17-,18-. The highest BCUT2D eigenvalue weighted by Crippen LogP contribution is 2.27. The topological polar surface area (TPSA) is 89.5 Å². The lowest BCUT2D eigenvalue weighted by molar-refractivity contribution is -0.274. The number of fused-ring (bicyclic) bond motifs is 1. The third-order valence-corrected chi connectivity index (χ3v) is 5.66.